The SMILES string of the molecule is O=C(Nc1nc2ccc(OC(F)F)cc2s1)c1ccn(COc2ccccc2[N+](=O)[O-])n1. The second-order valence-corrected chi connectivity index (χ2v) is 7.25. The number of halogens is 2. The molecule has 0 aliphatic heterocycles. The zero-order valence-corrected chi connectivity index (χ0v) is 16.8. The van der Waals surface area contributed by atoms with Gasteiger partial charge in [-0.3, -0.25) is 20.2 Å². The van der Waals surface area contributed by atoms with Crippen LogP contribution in [0.1, 0.15) is 10.5 Å². The van der Waals surface area contributed by atoms with Gasteiger partial charge in [0.05, 0.1) is 15.1 Å². The van der Waals surface area contributed by atoms with Crippen LogP contribution in [0.25, 0.3) is 10.2 Å². The quantitative estimate of drug-likeness (QED) is 0.307. The van der Waals surface area contributed by atoms with Crippen molar-refractivity contribution < 1.29 is 28.0 Å². The van der Waals surface area contributed by atoms with Crippen molar-refractivity contribution in [2.45, 2.75) is 13.3 Å². The van der Waals surface area contributed by atoms with Crippen LogP contribution in [0.4, 0.5) is 19.6 Å². The monoisotopic (exact) mass is 461 g/mol. The van der Waals surface area contributed by atoms with E-state index in [9.17, 15) is 23.7 Å². The van der Waals surface area contributed by atoms with Crippen molar-refractivity contribution in [3.63, 3.8) is 0 Å². The highest BCUT2D eigenvalue weighted by Crippen LogP contribution is 2.30. The molecule has 164 valence electrons. The Kier molecular flexibility index (Phi) is 5.89. The number of rotatable bonds is 8. The molecule has 0 fully saturated rings. The lowest BCUT2D eigenvalue weighted by Gasteiger charge is -2.06. The first-order valence-electron chi connectivity index (χ1n) is 8.95. The van der Waals surface area contributed by atoms with Gasteiger partial charge in [0.1, 0.15) is 5.75 Å². The van der Waals surface area contributed by atoms with Crippen LogP contribution < -0.4 is 14.8 Å². The van der Waals surface area contributed by atoms with Crippen molar-refractivity contribution in [1.82, 2.24) is 14.8 Å². The molecule has 0 saturated carbocycles. The summed E-state index contributed by atoms with van der Waals surface area (Å²) in [6.45, 7) is -3.08. The largest absolute Gasteiger partial charge is 0.464 e. The molecular formula is C19H13F2N5O5S. The summed E-state index contributed by atoms with van der Waals surface area (Å²) in [7, 11) is 0. The standard InChI is InChI=1S/C19H13F2N5O5S/c20-18(21)31-11-5-6-12-16(9-11)32-19(22-12)23-17(27)13-7-8-25(24-13)10-30-15-4-2-1-3-14(15)26(28)29/h1-9,18H,10H2,(H,22,23,27). The number of nitrogens with zero attached hydrogens (tertiary/aromatic N) is 4. The van der Waals surface area contributed by atoms with Gasteiger partial charge in [0, 0.05) is 12.3 Å². The number of alkyl halides is 2. The zero-order valence-electron chi connectivity index (χ0n) is 16.0. The van der Waals surface area contributed by atoms with E-state index >= 15 is 0 Å². The number of nitro benzene ring substituents is 1. The van der Waals surface area contributed by atoms with E-state index in [0.717, 1.165) is 11.3 Å². The predicted octanol–water partition coefficient (Wildman–Crippen LogP) is 4.29. The van der Waals surface area contributed by atoms with Crippen molar-refractivity contribution in [3.05, 3.63) is 70.5 Å². The van der Waals surface area contributed by atoms with Crippen LogP contribution in [0.2, 0.25) is 0 Å². The summed E-state index contributed by atoms with van der Waals surface area (Å²) in [6, 6.07) is 11.6. The summed E-state index contributed by atoms with van der Waals surface area (Å²) in [5.41, 5.74) is 0.392. The Hall–Kier alpha value is -4.13. The number of amides is 1. The highest BCUT2D eigenvalue weighted by Gasteiger charge is 2.16. The van der Waals surface area contributed by atoms with Crippen LogP contribution in [0.3, 0.4) is 0 Å². The Morgan fingerprint density at radius 3 is 2.84 bits per heavy atom. The average Bonchev–Trinajstić information content (AvgIpc) is 3.38. The van der Waals surface area contributed by atoms with Crippen LogP contribution in [0.15, 0.2) is 54.7 Å². The summed E-state index contributed by atoms with van der Waals surface area (Å²) in [4.78, 5) is 27.2. The van der Waals surface area contributed by atoms with Crippen LogP contribution in [-0.4, -0.2) is 32.2 Å². The van der Waals surface area contributed by atoms with Gasteiger partial charge in [0.25, 0.3) is 5.91 Å². The fraction of sp³-hybridized carbons (Fsp3) is 0.105. The minimum Gasteiger partial charge on any atom is -0.464 e. The molecule has 0 saturated heterocycles. The summed E-state index contributed by atoms with van der Waals surface area (Å²) < 4.78 is 36.4. The van der Waals surface area contributed by atoms with Gasteiger partial charge in [0.2, 0.25) is 0 Å². The van der Waals surface area contributed by atoms with E-state index in [-0.39, 0.29) is 34.7 Å². The highest BCUT2D eigenvalue weighted by atomic mass is 32.1. The first-order chi connectivity index (χ1) is 15.4. The fourth-order valence-corrected chi connectivity index (χ4v) is 3.61. The molecule has 13 heteroatoms. The topological polar surface area (TPSA) is 121 Å². The number of fused-ring (bicyclic) bond motifs is 1. The molecule has 0 aliphatic rings. The third-order valence-corrected chi connectivity index (χ3v) is 5.03. The molecule has 2 aromatic carbocycles. The number of nitro groups is 1. The lowest BCUT2D eigenvalue weighted by atomic mass is 10.3. The third kappa shape index (κ3) is 4.78. The van der Waals surface area contributed by atoms with Gasteiger partial charge < -0.3 is 9.47 Å². The van der Waals surface area contributed by atoms with Crippen molar-refractivity contribution >= 4 is 38.3 Å². The maximum atomic E-state index is 12.5. The molecule has 4 aromatic rings. The molecule has 1 amide bonds. The molecule has 0 bridgehead atoms. The Morgan fingerprint density at radius 1 is 1.25 bits per heavy atom. The van der Waals surface area contributed by atoms with Gasteiger partial charge in [-0.1, -0.05) is 23.5 Å². The molecular weight excluding hydrogens is 448 g/mol. The van der Waals surface area contributed by atoms with Gasteiger partial charge >= 0.3 is 12.3 Å². The van der Waals surface area contributed by atoms with E-state index < -0.39 is 17.4 Å². The molecule has 0 radical (unpaired) electrons. The first kappa shape index (κ1) is 21.1. The number of thiazole rings is 1. The number of hydrogen-bond donors (Lipinski definition) is 1. The molecule has 32 heavy (non-hydrogen) atoms. The smallest absolute Gasteiger partial charge is 0.387 e. The van der Waals surface area contributed by atoms with Crippen molar-refractivity contribution in [2.24, 2.45) is 0 Å². The lowest BCUT2D eigenvalue weighted by molar-refractivity contribution is -0.386. The summed E-state index contributed by atoms with van der Waals surface area (Å²) in [5.74, 6) is -0.479. The minimum atomic E-state index is -2.94. The maximum absolute atomic E-state index is 12.5. The van der Waals surface area contributed by atoms with Crippen LogP contribution in [0.5, 0.6) is 11.5 Å². The fourth-order valence-electron chi connectivity index (χ4n) is 2.72. The van der Waals surface area contributed by atoms with E-state index in [1.165, 1.54) is 53.3 Å². The number of aromatic nitrogens is 3. The molecule has 2 aromatic heterocycles. The Bertz CT molecular complexity index is 1290. The Morgan fingerprint density at radius 2 is 2.06 bits per heavy atom. The Labute approximate surface area is 182 Å². The van der Waals surface area contributed by atoms with E-state index in [4.69, 9.17) is 4.74 Å². The number of anilines is 1. The van der Waals surface area contributed by atoms with E-state index in [2.05, 4.69) is 20.1 Å². The molecule has 1 N–H and O–H groups in total. The van der Waals surface area contributed by atoms with Crippen LogP contribution in [0, 0.1) is 10.1 Å². The zero-order chi connectivity index (χ0) is 22.7. The van der Waals surface area contributed by atoms with Crippen molar-refractivity contribution in [3.8, 4) is 11.5 Å². The average molecular weight is 461 g/mol. The van der Waals surface area contributed by atoms with Crippen molar-refractivity contribution in [1.29, 1.82) is 0 Å². The Balaban J connectivity index is 1.41. The first-order valence-corrected chi connectivity index (χ1v) is 9.77. The lowest BCUT2D eigenvalue weighted by Crippen LogP contribution is -2.14. The van der Waals surface area contributed by atoms with Crippen LogP contribution >= 0.6 is 11.3 Å². The van der Waals surface area contributed by atoms with E-state index in [0.29, 0.717) is 10.2 Å². The maximum Gasteiger partial charge on any atom is 0.387 e. The molecule has 0 atom stereocenters. The van der Waals surface area contributed by atoms with E-state index in [1.54, 1.807) is 6.07 Å². The number of carbonyl (C=O) groups excluding carboxylic acids is 1. The molecule has 4 rings (SSSR count). The number of carbonyl (C=O) groups is 1. The summed E-state index contributed by atoms with van der Waals surface area (Å²) in [5, 5.41) is 18.0. The van der Waals surface area contributed by atoms with Gasteiger partial charge in [0.15, 0.2) is 23.3 Å². The number of para-hydroxylation sites is 2. The second kappa shape index (κ2) is 8.93. The highest BCUT2D eigenvalue weighted by molar-refractivity contribution is 7.22. The molecule has 0 unspecified atom stereocenters. The third-order valence-electron chi connectivity index (χ3n) is 4.09. The molecule has 0 aliphatic carbocycles. The summed E-state index contributed by atoms with van der Waals surface area (Å²) in [6.07, 6.45) is 1.48. The minimum absolute atomic E-state index is 0.00794. The van der Waals surface area contributed by atoms with Gasteiger partial charge in [-0.25, -0.2) is 9.67 Å². The number of nitrogens with one attached hydrogen (secondary N) is 1. The van der Waals surface area contributed by atoms with Gasteiger partial charge in [-0.2, -0.15) is 13.9 Å². The predicted molar refractivity (Wildman–Crippen MR) is 110 cm³/mol. The number of hydrogen-bond acceptors (Lipinski definition) is 8. The van der Waals surface area contributed by atoms with Crippen molar-refractivity contribution in [2.75, 3.05) is 5.32 Å². The normalized spacial score (nSPS) is 11.0. The van der Waals surface area contributed by atoms with Crippen LogP contribution in [-0.2, 0) is 6.73 Å². The molecule has 10 nitrogen and oxygen atoms in total. The van der Waals surface area contributed by atoms with Gasteiger partial charge in [-0.05, 0) is 30.3 Å². The molecule has 2 heterocycles. The number of ether oxygens (including phenoxy) is 2. The van der Waals surface area contributed by atoms with Gasteiger partial charge in [-0.15, -0.1) is 0 Å². The number of benzene rings is 2. The summed E-state index contributed by atoms with van der Waals surface area (Å²) >= 11 is 1.09. The second-order valence-electron chi connectivity index (χ2n) is 6.22. The molecule has 0 spiro atoms. The van der Waals surface area contributed by atoms with E-state index in [1.807, 2.05) is 0 Å².